The second-order valence-electron chi connectivity index (χ2n) is 5.71. The van der Waals surface area contributed by atoms with Gasteiger partial charge in [-0.25, -0.2) is 4.79 Å². The third-order valence-electron chi connectivity index (χ3n) is 2.70. The van der Waals surface area contributed by atoms with Crippen LogP contribution < -0.4 is 10.6 Å². The fraction of sp³-hybridized carbons (Fsp3) is 0.375. The van der Waals surface area contributed by atoms with Gasteiger partial charge in [-0.1, -0.05) is 30.3 Å². The van der Waals surface area contributed by atoms with Gasteiger partial charge in [0, 0.05) is 7.05 Å². The Morgan fingerprint density at radius 1 is 1.18 bits per heavy atom. The van der Waals surface area contributed by atoms with Gasteiger partial charge in [0.15, 0.2) is 5.78 Å². The number of ketones is 1. The van der Waals surface area contributed by atoms with E-state index in [4.69, 9.17) is 4.74 Å². The van der Waals surface area contributed by atoms with E-state index in [-0.39, 0.29) is 6.54 Å². The molecule has 1 rings (SSSR count). The Labute approximate surface area is 130 Å². The maximum atomic E-state index is 12.3. The zero-order valence-electron chi connectivity index (χ0n) is 13.0. The van der Waals surface area contributed by atoms with Gasteiger partial charge in [0.2, 0.25) is 5.91 Å². The van der Waals surface area contributed by atoms with Crippen molar-refractivity contribution in [3.8, 4) is 0 Å². The number of carbonyl (C=O) groups excluding carboxylic acids is 3. The van der Waals surface area contributed by atoms with E-state index in [2.05, 4.69) is 17.7 Å². The van der Waals surface area contributed by atoms with Crippen molar-refractivity contribution in [2.24, 2.45) is 0 Å². The molecule has 0 saturated heterocycles. The first-order valence-corrected chi connectivity index (χ1v) is 6.86. The topological polar surface area (TPSA) is 84.5 Å². The standard InChI is InChI=1S/C16H21N2O4/c1-16(2,3)22-15(21)18-10-12(19)13(14(20)17-4)11-8-6-5-7-9-11/h5-9,13H,4,10H2,1-3H3,(H,17,20)(H,18,21). The van der Waals surface area contributed by atoms with E-state index in [9.17, 15) is 14.4 Å². The third-order valence-corrected chi connectivity index (χ3v) is 2.70. The van der Waals surface area contributed by atoms with Gasteiger partial charge in [-0.3, -0.25) is 9.59 Å². The van der Waals surface area contributed by atoms with Crippen LogP contribution in [-0.2, 0) is 14.3 Å². The molecule has 2 N–H and O–H groups in total. The number of nitrogens with one attached hydrogen (secondary N) is 2. The first-order chi connectivity index (χ1) is 10.2. The van der Waals surface area contributed by atoms with Crippen LogP contribution in [0.2, 0.25) is 0 Å². The molecule has 0 heterocycles. The average molecular weight is 305 g/mol. The van der Waals surface area contributed by atoms with Gasteiger partial charge in [0.1, 0.15) is 11.5 Å². The Balaban J connectivity index is 2.74. The van der Waals surface area contributed by atoms with Gasteiger partial charge in [0.05, 0.1) is 6.54 Å². The molecule has 0 aliphatic rings. The molecule has 0 spiro atoms. The largest absolute Gasteiger partial charge is 0.444 e. The Kier molecular flexibility index (Phi) is 6.10. The van der Waals surface area contributed by atoms with E-state index < -0.39 is 29.3 Å². The molecule has 0 aliphatic carbocycles. The van der Waals surface area contributed by atoms with Crippen LogP contribution in [0.25, 0.3) is 0 Å². The fourth-order valence-electron chi connectivity index (χ4n) is 1.81. The van der Waals surface area contributed by atoms with Crippen LogP contribution in [0.5, 0.6) is 0 Å². The maximum Gasteiger partial charge on any atom is 0.408 e. The molecule has 22 heavy (non-hydrogen) atoms. The monoisotopic (exact) mass is 305 g/mol. The van der Waals surface area contributed by atoms with E-state index in [0.717, 1.165) is 0 Å². The van der Waals surface area contributed by atoms with Gasteiger partial charge in [-0.15, -0.1) is 0 Å². The number of carbonyl (C=O) groups is 3. The summed E-state index contributed by atoms with van der Waals surface area (Å²) in [6, 6.07) is 8.59. The maximum absolute atomic E-state index is 12.3. The predicted octanol–water partition coefficient (Wildman–Crippen LogP) is 1.77. The molecular weight excluding hydrogens is 284 g/mol. The lowest BCUT2D eigenvalue weighted by molar-refractivity contribution is -0.129. The number of hydrogen-bond acceptors (Lipinski definition) is 4. The normalized spacial score (nSPS) is 12.2. The van der Waals surface area contributed by atoms with Gasteiger partial charge in [-0.05, 0) is 26.3 Å². The highest BCUT2D eigenvalue weighted by Gasteiger charge is 2.28. The molecule has 1 atom stereocenters. The van der Waals surface area contributed by atoms with E-state index in [1.807, 2.05) is 0 Å². The van der Waals surface area contributed by atoms with Crippen molar-refractivity contribution in [1.29, 1.82) is 0 Å². The molecule has 1 radical (unpaired) electrons. The second-order valence-corrected chi connectivity index (χ2v) is 5.71. The van der Waals surface area contributed by atoms with Crippen molar-refractivity contribution < 1.29 is 19.1 Å². The molecule has 0 aliphatic heterocycles. The Morgan fingerprint density at radius 3 is 2.27 bits per heavy atom. The number of alkyl carbamates (subject to hydrolysis) is 1. The number of Topliss-reactive ketones (excluding diaryl/α,β-unsaturated/α-hetero) is 1. The van der Waals surface area contributed by atoms with Crippen LogP contribution >= 0.6 is 0 Å². The van der Waals surface area contributed by atoms with Crippen LogP contribution in [0.15, 0.2) is 30.3 Å². The first-order valence-electron chi connectivity index (χ1n) is 6.86. The average Bonchev–Trinajstić information content (AvgIpc) is 2.44. The quantitative estimate of drug-likeness (QED) is 0.812. The summed E-state index contributed by atoms with van der Waals surface area (Å²) in [5.74, 6) is -1.99. The molecule has 1 aromatic carbocycles. The lowest BCUT2D eigenvalue weighted by atomic mass is 9.93. The van der Waals surface area contributed by atoms with Crippen LogP contribution in [0.1, 0.15) is 32.3 Å². The number of benzene rings is 1. The predicted molar refractivity (Wildman–Crippen MR) is 81.9 cm³/mol. The van der Waals surface area contributed by atoms with Crippen molar-refractivity contribution in [2.45, 2.75) is 32.3 Å². The highest BCUT2D eigenvalue weighted by atomic mass is 16.6. The molecule has 0 aromatic heterocycles. The van der Waals surface area contributed by atoms with E-state index in [0.29, 0.717) is 5.56 Å². The van der Waals surface area contributed by atoms with E-state index in [1.54, 1.807) is 51.1 Å². The summed E-state index contributed by atoms with van der Waals surface area (Å²) in [7, 11) is 3.29. The molecule has 0 bridgehead atoms. The van der Waals surface area contributed by atoms with Crippen LogP contribution in [0, 0.1) is 7.05 Å². The molecule has 1 aromatic rings. The minimum Gasteiger partial charge on any atom is -0.444 e. The van der Waals surface area contributed by atoms with Crippen LogP contribution in [0.4, 0.5) is 4.79 Å². The van der Waals surface area contributed by atoms with Gasteiger partial charge < -0.3 is 15.4 Å². The van der Waals surface area contributed by atoms with Crippen molar-refractivity contribution >= 4 is 17.8 Å². The molecule has 0 fully saturated rings. The SMILES string of the molecule is [CH2]NC(=O)C(C(=O)CNC(=O)OC(C)(C)C)c1ccccc1. The molecule has 2 amide bonds. The summed E-state index contributed by atoms with van der Waals surface area (Å²) in [5.41, 5.74) is -0.115. The highest BCUT2D eigenvalue weighted by Crippen LogP contribution is 2.17. The summed E-state index contributed by atoms with van der Waals surface area (Å²) in [6.07, 6.45) is -0.706. The zero-order valence-corrected chi connectivity index (χ0v) is 13.0. The third kappa shape index (κ3) is 5.55. The molecular formula is C16H21N2O4. The second kappa shape index (κ2) is 7.59. The number of hydrogen-bond donors (Lipinski definition) is 2. The van der Waals surface area contributed by atoms with E-state index in [1.165, 1.54) is 0 Å². The number of amides is 2. The smallest absolute Gasteiger partial charge is 0.408 e. The zero-order chi connectivity index (χ0) is 16.8. The summed E-state index contributed by atoms with van der Waals surface area (Å²) < 4.78 is 5.05. The van der Waals surface area contributed by atoms with Crippen molar-refractivity contribution in [3.63, 3.8) is 0 Å². The minimum atomic E-state index is -1.02. The molecule has 0 saturated carbocycles. The summed E-state index contributed by atoms with van der Waals surface area (Å²) >= 11 is 0. The van der Waals surface area contributed by atoms with E-state index >= 15 is 0 Å². The number of ether oxygens (including phenoxy) is 1. The molecule has 1 unspecified atom stereocenters. The Bertz CT molecular complexity index is 535. The van der Waals surface area contributed by atoms with Crippen molar-refractivity contribution in [1.82, 2.24) is 10.6 Å². The van der Waals surface area contributed by atoms with Crippen LogP contribution in [-0.4, -0.2) is 29.9 Å². The fourth-order valence-corrected chi connectivity index (χ4v) is 1.81. The van der Waals surface area contributed by atoms with Crippen molar-refractivity contribution in [2.75, 3.05) is 6.54 Å². The summed E-state index contributed by atoms with van der Waals surface area (Å²) in [6.45, 7) is 4.86. The highest BCUT2D eigenvalue weighted by molar-refractivity contribution is 6.08. The van der Waals surface area contributed by atoms with Gasteiger partial charge >= 0.3 is 6.09 Å². The lowest BCUT2D eigenvalue weighted by Gasteiger charge is -2.20. The lowest BCUT2D eigenvalue weighted by Crippen LogP contribution is -2.39. The van der Waals surface area contributed by atoms with Gasteiger partial charge in [-0.2, -0.15) is 0 Å². The first kappa shape index (κ1) is 17.7. The summed E-state index contributed by atoms with van der Waals surface area (Å²) in [5, 5.41) is 4.57. The molecule has 6 heteroatoms. The van der Waals surface area contributed by atoms with Crippen molar-refractivity contribution in [3.05, 3.63) is 42.9 Å². The molecule has 119 valence electrons. The van der Waals surface area contributed by atoms with Gasteiger partial charge in [0.25, 0.3) is 0 Å². The Hall–Kier alpha value is -2.37. The number of rotatable bonds is 5. The van der Waals surface area contributed by atoms with Crippen LogP contribution in [0.3, 0.4) is 0 Å². The summed E-state index contributed by atoms with van der Waals surface area (Å²) in [4.78, 5) is 35.7. The Morgan fingerprint density at radius 2 is 1.77 bits per heavy atom. The minimum absolute atomic E-state index is 0.304. The molecule has 6 nitrogen and oxygen atoms in total.